The van der Waals surface area contributed by atoms with E-state index in [0.29, 0.717) is 0 Å². The minimum absolute atomic E-state index is 1.21. The molecular weight excluding hydrogens is 552 g/mol. The van der Waals surface area contributed by atoms with Gasteiger partial charge in [0.1, 0.15) is 0 Å². The van der Waals surface area contributed by atoms with E-state index < -0.39 is 16.0 Å². The first kappa shape index (κ1) is 23.8. The third-order valence-electron chi connectivity index (χ3n) is 6.64. The maximum absolute atomic E-state index is 4.46. The molecule has 0 N–H and O–H groups in total. The molecule has 0 aliphatic carbocycles. The van der Waals surface area contributed by atoms with E-state index >= 15 is 0 Å². The molecule has 174 valence electrons. The van der Waals surface area contributed by atoms with Gasteiger partial charge < -0.3 is 0 Å². The maximum atomic E-state index is 2.36. The monoisotopic (exact) mass is 581 g/mol. The Morgan fingerprint density at radius 3 is 1.03 bits per heavy atom. The minimum atomic E-state index is -4.46. The van der Waals surface area contributed by atoms with Gasteiger partial charge in [-0.05, 0) is 0 Å². The van der Waals surface area contributed by atoms with Gasteiger partial charge in [-0.15, -0.1) is 0 Å². The Kier molecular flexibility index (Phi) is 6.78. The van der Waals surface area contributed by atoms with Gasteiger partial charge in [0.25, 0.3) is 0 Å². The average Bonchev–Trinajstić information content (AvgIpc) is 2.94. The molecule has 1 nitrogen and oxygen atoms in total. The molecule has 5 rings (SSSR count). The number of hydrogen-bond donors (Lipinski definition) is 0. The van der Waals surface area contributed by atoms with Gasteiger partial charge in [0.05, 0.1) is 0 Å². The molecular formula is C32H30NSSb. The average molecular weight is 582 g/mol. The van der Waals surface area contributed by atoms with Crippen LogP contribution in [0.2, 0.25) is 0 Å². The molecule has 5 aromatic rings. The van der Waals surface area contributed by atoms with Crippen molar-refractivity contribution in [2.45, 2.75) is 4.90 Å². The fraction of sp³-hybridized carbons (Fsp3) is 0.0625. The number of benzene rings is 5. The van der Waals surface area contributed by atoms with E-state index in [9.17, 15) is 0 Å². The first-order valence-corrected chi connectivity index (χ1v) is 20.9. The van der Waals surface area contributed by atoms with E-state index in [1.807, 2.05) is 0 Å². The Hall–Kier alpha value is -2.93. The standard InChI is InChI=1S/C8H11NS.4C6H5.Sb/c1-9(2)7-3-5-8(10)6-4-7;4*1-2-4-6-5-3-1;/h3-6,10H,1-2H3;4*1-5H;/q;;;;;+1/p-1. The molecule has 0 saturated carbocycles. The fourth-order valence-electron chi connectivity index (χ4n) is 4.97. The van der Waals surface area contributed by atoms with Crippen LogP contribution < -0.4 is 18.9 Å². The molecule has 0 radical (unpaired) electrons. The normalized spacial score (nSPS) is 12.5. The number of rotatable bonds is 7. The number of hydrogen-bond acceptors (Lipinski definition) is 2. The van der Waals surface area contributed by atoms with Gasteiger partial charge in [-0.25, -0.2) is 0 Å². The second kappa shape index (κ2) is 9.97. The molecule has 0 atom stereocenters. The van der Waals surface area contributed by atoms with Crippen LogP contribution in [0.15, 0.2) is 150 Å². The van der Waals surface area contributed by atoms with E-state index in [0.717, 1.165) is 0 Å². The van der Waals surface area contributed by atoms with Crippen molar-refractivity contribution in [2.75, 3.05) is 19.0 Å². The van der Waals surface area contributed by atoms with E-state index in [4.69, 9.17) is 0 Å². The quantitative estimate of drug-likeness (QED) is 0.238. The van der Waals surface area contributed by atoms with E-state index in [-0.39, 0.29) is 0 Å². The Morgan fingerprint density at radius 2 is 0.743 bits per heavy atom. The molecule has 0 aromatic heterocycles. The van der Waals surface area contributed by atoms with Gasteiger partial charge in [0.2, 0.25) is 0 Å². The summed E-state index contributed by atoms with van der Waals surface area (Å²) in [6.07, 6.45) is 0. The van der Waals surface area contributed by atoms with Crippen LogP contribution in [0.25, 0.3) is 0 Å². The van der Waals surface area contributed by atoms with Crippen LogP contribution in [0.1, 0.15) is 0 Å². The summed E-state index contributed by atoms with van der Waals surface area (Å²) in [7, 11) is 6.28. The first-order chi connectivity index (χ1) is 17.1. The molecule has 3 heteroatoms. The summed E-state index contributed by atoms with van der Waals surface area (Å²) < 4.78 is 5.69. The molecule has 0 aliphatic heterocycles. The molecule has 0 amide bonds. The van der Waals surface area contributed by atoms with Gasteiger partial charge >= 0.3 is 214 Å². The summed E-state index contributed by atoms with van der Waals surface area (Å²) in [6, 6.07) is 54.0. The predicted molar refractivity (Wildman–Crippen MR) is 157 cm³/mol. The Bertz CT molecular complexity index is 1200. The summed E-state index contributed by atoms with van der Waals surface area (Å²) in [5.74, 6) is 0. The number of anilines is 1. The van der Waals surface area contributed by atoms with Crippen molar-refractivity contribution in [3.63, 3.8) is 0 Å². The van der Waals surface area contributed by atoms with E-state index in [1.54, 1.807) is 0 Å². The number of nitrogens with zero attached hydrogens (tertiary/aromatic N) is 1. The molecule has 35 heavy (non-hydrogen) atoms. The molecule has 0 spiro atoms. The van der Waals surface area contributed by atoms with Crippen LogP contribution in [0.4, 0.5) is 5.69 Å². The zero-order valence-electron chi connectivity index (χ0n) is 20.2. The van der Waals surface area contributed by atoms with Crippen molar-refractivity contribution in [1.29, 1.82) is 0 Å². The summed E-state index contributed by atoms with van der Waals surface area (Å²) in [6.45, 7) is 0. The van der Waals surface area contributed by atoms with Crippen molar-refractivity contribution in [3.05, 3.63) is 146 Å². The molecule has 0 bridgehead atoms. The fourth-order valence-corrected chi connectivity index (χ4v) is 31.2. The molecule has 0 fully saturated rings. The first-order valence-electron chi connectivity index (χ1n) is 11.9. The van der Waals surface area contributed by atoms with Gasteiger partial charge in [0.15, 0.2) is 0 Å². The van der Waals surface area contributed by atoms with E-state index in [2.05, 4.69) is 173 Å². The third kappa shape index (κ3) is 3.99. The Balaban J connectivity index is 1.96. The van der Waals surface area contributed by atoms with Crippen LogP contribution >= 0.6 is 8.85 Å². The predicted octanol–water partition coefficient (Wildman–Crippen LogP) is 5.37. The summed E-state index contributed by atoms with van der Waals surface area (Å²) >= 11 is -4.46. The molecule has 0 unspecified atom stereocenters. The van der Waals surface area contributed by atoms with Crippen LogP contribution in [0.5, 0.6) is 0 Å². The van der Waals surface area contributed by atoms with Crippen molar-refractivity contribution in [3.8, 4) is 0 Å². The summed E-state index contributed by atoms with van der Waals surface area (Å²) in [4.78, 5) is 3.45. The van der Waals surface area contributed by atoms with Crippen LogP contribution in [-0.4, -0.2) is 30.1 Å². The van der Waals surface area contributed by atoms with Crippen molar-refractivity contribution in [1.82, 2.24) is 0 Å². The zero-order chi connectivity index (χ0) is 24.2. The van der Waals surface area contributed by atoms with Gasteiger partial charge in [-0.1, -0.05) is 0 Å². The van der Waals surface area contributed by atoms with Crippen molar-refractivity contribution < 1.29 is 0 Å². The van der Waals surface area contributed by atoms with Gasteiger partial charge in [0, 0.05) is 0 Å². The Labute approximate surface area is 212 Å². The molecule has 0 heterocycles. The van der Waals surface area contributed by atoms with Crippen LogP contribution in [0.3, 0.4) is 0 Å². The topological polar surface area (TPSA) is 3.24 Å². The molecule has 0 aliphatic rings. The van der Waals surface area contributed by atoms with Gasteiger partial charge in [-0.2, -0.15) is 0 Å². The SMILES string of the molecule is CN(C)c1ccc([S][Sb]([c]2ccccc2)([c]2ccccc2)([c]2ccccc2)[c]2ccccc2)cc1. The molecule has 0 saturated heterocycles. The van der Waals surface area contributed by atoms with Gasteiger partial charge in [-0.3, -0.25) is 0 Å². The van der Waals surface area contributed by atoms with E-state index in [1.165, 1.54) is 24.6 Å². The van der Waals surface area contributed by atoms with Crippen LogP contribution in [-0.2, 0) is 0 Å². The summed E-state index contributed by atoms with van der Waals surface area (Å²) in [5.41, 5.74) is 1.21. The van der Waals surface area contributed by atoms with Crippen molar-refractivity contribution in [2.24, 2.45) is 0 Å². The van der Waals surface area contributed by atoms with Crippen LogP contribution in [0, 0.1) is 0 Å². The Morgan fingerprint density at radius 1 is 0.429 bits per heavy atom. The van der Waals surface area contributed by atoms with Crippen molar-refractivity contribution >= 4 is 44.6 Å². The second-order valence-electron chi connectivity index (χ2n) is 8.86. The second-order valence-corrected chi connectivity index (χ2v) is 27.8. The zero-order valence-corrected chi connectivity index (χ0v) is 23.5. The third-order valence-corrected chi connectivity index (χ3v) is 32.7. The molecule has 5 aromatic carbocycles. The summed E-state index contributed by atoms with van der Waals surface area (Å²) in [5, 5.41) is 0.